The monoisotopic (exact) mass is 306 g/mol. The van der Waals surface area contributed by atoms with Gasteiger partial charge in [-0.1, -0.05) is 40.9 Å². The standard InChI is InChI=1S/C16H12Cl2O2/c1-9-2-5-15-11(6-9)14(19)8-16(20-15)10-3-4-12(17)13(18)7-10/h2-7,16H,8H2,1H3. The van der Waals surface area contributed by atoms with E-state index in [1.807, 2.05) is 31.2 Å². The highest BCUT2D eigenvalue weighted by atomic mass is 35.5. The third-order valence-electron chi connectivity index (χ3n) is 3.39. The molecule has 0 bridgehead atoms. The molecule has 0 spiro atoms. The molecule has 1 heterocycles. The predicted octanol–water partition coefficient (Wildman–Crippen LogP) is 5.01. The van der Waals surface area contributed by atoms with Crippen LogP contribution >= 0.6 is 23.2 Å². The summed E-state index contributed by atoms with van der Waals surface area (Å²) in [6.07, 6.45) is 0.00138. The van der Waals surface area contributed by atoms with E-state index in [1.165, 1.54) is 0 Å². The molecule has 4 heteroatoms. The van der Waals surface area contributed by atoms with Gasteiger partial charge in [0.05, 0.1) is 22.0 Å². The summed E-state index contributed by atoms with van der Waals surface area (Å²) in [6.45, 7) is 1.96. The SMILES string of the molecule is Cc1ccc2c(c1)C(=O)CC(c1ccc(Cl)c(Cl)c1)O2. The lowest BCUT2D eigenvalue weighted by molar-refractivity contribution is 0.0850. The summed E-state index contributed by atoms with van der Waals surface area (Å²) in [5.74, 6) is 0.717. The molecular formula is C16H12Cl2O2. The molecule has 0 fully saturated rings. The molecule has 1 aliphatic rings. The number of ether oxygens (including phenoxy) is 1. The van der Waals surface area contributed by atoms with Gasteiger partial charge in [-0.2, -0.15) is 0 Å². The Bertz CT molecular complexity index is 695. The number of carbonyl (C=O) groups excluding carboxylic acids is 1. The first-order chi connectivity index (χ1) is 9.54. The quantitative estimate of drug-likeness (QED) is 0.740. The number of carbonyl (C=O) groups is 1. The van der Waals surface area contributed by atoms with Crippen LogP contribution in [0.3, 0.4) is 0 Å². The highest BCUT2D eigenvalue weighted by Crippen LogP contribution is 2.36. The van der Waals surface area contributed by atoms with Gasteiger partial charge in [-0.25, -0.2) is 0 Å². The number of benzene rings is 2. The van der Waals surface area contributed by atoms with Gasteiger partial charge in [-0.15, -0.1) is 0 Å². The van der Waals surface area contributed by atoms with Crippen molar-refractivity contribution in [3.8, 4) is 5.75 Å². The summed E-state index contributed by atoms with van der Waals surface area (Å²) in [4.78, 5) is 12.2. The van der Waals surface area contributed by atoms with Crippen LogP contribution in [0.15, 0.2) is 36.4 Å². The molecule has 1 aliphatic heterocycles. The van der Waals surface area contributed by atoms with Gasteiger partial charge in [0.15, 0.2) is 5.78 Å². The average Bonchev–Trinajstić information content (AvgIpc) is 2.42. The highest BCUT2D eigenvalue weighted by molar-refractivity contribution is 6.42. The van der Waals surface area contributed by atoms with Gasteiger partial charge in [0.25, 0.3) is 0 Å². The first-order valence-corrected chi connectivity index (χ1v) is 7.05. The van der Waals surface area contributed by atoms with Crippen LogP contribution in [0.2, 0.25) is 10.0 Å². The molecule has 0 N–H and O–H groups in total. The van der Waals surface area contributed by atoms with Crippen LogP contribution in [0.25, 0.3) is 0 Å². The van der Waals surface area contributed by atoms with Crippen LogP contribution < -0.4 is 4.74 Å². The maximum atomic E-state index is 12.2. The second kappa shape index (κ2) is 5.12. The van der Waals surface area contributed by atoms with Crippen LogP contribution in [0.5, 0.6) is 5.75 Å². The molecule has 0 saturated carbocycles. The van der Waals surface area contributed by atoms with E-state index in [-0.39, 0.29) is 11.9 Å². The smallest absolute Gasteiger partial charge is 0.170 e. The van der Waals surface area contributed by atoms with E-state index in [1.54, 1.807) is 12.1 Å². The van der Waals surface area contributed by atoms with Crippen LogP contribution in [-0.4, -0.2) is 5.78 Å². The largest absolute Gasteiger partial charge is 0.484 e. The molecule has 1 unspecified atom stereocenters. The molecule has 2 aromatic rings. The first-order valence-electron chi connectivity index (χ1n) is 6.30. The van der Waals surface area contributed by atoms with Crippen LogP contribution in [0, 0.1) is 6.92 Å². The second-order valence-electron chi connectivity index (χ2n) is 4.91. The van der Waals surface area contributed by atoms with Crippen molar-refractivity contribution in [2.45, 2.75) is 19.4 Å². The fourth-order valence-corrected chi connectivity index (χ4v) is 2.64. The summed E-state index contributed by atoms with van der Waals surface area (Å²) in [7, 11) is 0. The number of fused-ring (bicyclic) bond motifs is 1. The Balaban J connectivity index is 1.97. The molecule has 0 aliphatic carbocycles. The van der Waals surface area contributed by atoms with Crippen molar-refractivity contribution in [1.29, 1.82) is 0 Å². The Hall–Kier alpha value is -1.51. The second-order valence-corrected chi connectivity index (χ2v) is 5.72. The molecule has 102 valence electrons. The zero-order chi connectivity index (χ0) is 14.3. The summed E-state index contributed by atoms with van der Waals surface area (Å²) >= 11 is 11.9. The van der Waals surface area contributed by atoms with Gasteiger partial charge < -0.3 is 4.74 Å². The first kappa shape index (κ1) is 13.5. The van der Waals surface area contributed by atoms with Gasteiger partial charge in [0, 0.05) is 0 Å². The van der Waals surface area contributed by atoms with Crippen LogP contribution in [-0.2, 0) is 0 Å². The number of hydrogen-bond acceptors (Lipinski definition) is 2. The average molecular weight is 307 g/mol. The number of aryl methyl sites for hydroxylation is 1. The minimum absolute atomic E-state index is 0.0889. The topological polar surface area (TPSA) is 26.3 Å². The molecule has 3 rings (SSSR count). The third kappa shape index (κ3) is 2.41. The zero-order valence-corrected chi connectivity index (χ0v) is 12.3. The molecule has 20 heavy (non-hydrogen) atoms. The van der Waals surface area contributed by atoms with E-state index in [2.05, 4.69) is 0 Å². The molecular weight excluding hydrogens is 295 g/mol. The van der Waals surface area contributed by atoms with Crippen molar-refractivity contribution >= 4 is 29.0 Å². The molecule has 1 atom stereocenters. The Morgan fingerprint density at radius 1 is 1.10 bits per heavy atom. The van der Waals surface area contributed by atoms with E-state index in [0.717, 1.165) is 11.1 Å². The van der Waals surface area contributed by atoms with E-state index < -0.39 is 0 Å². The Morgan fingerprint density at radius 3 is 2.65 bits per heavy atom. The summed E-state index contributed by atoms with van der Waals surface area (Å²) < 4.78 is 5.92. The summed E-state index contributed by atoms with van der Waals surface area (Å²) in [5, 5.41) is 0.962. The number of hydrogen-bond donors (Lipinski definition) is 0. The lowest BCUT2D eigenvalue weighted by Gasteiger charge is -2.26. The van der Waals surface area contributed by atoms with E-state index in [9.17, 15) is 4.79 Å². The Kier molecular flexibility index (Phi) is 3.45. The number of halogens is 2. The maximum absolute atomic E-state index is 12.2. The number of rotatable bonds is 1. The van der Waals surface area contributed by atoms with Gasteiger partial charge >= 0.3 is 0 Å². The normalized spacial score (nSPS) is 17.6. The van der Waals surface area contributed by atoms with Crippen LogP contribution in [0.1, 0.15) is 34.0 Å². The minimum Gasteiger partial charge on any atom is -0.484 e. The molecule has 2 nitrogen and oxygen atoms in total. The van der Waals surface area contributed by atoms with Crippen molar-refractivity contribution in [2.24, 2.45) is 0 Å². The highest BCUT2D eigenvalue weighted by Gasteiger charge is 2.27. The maximum Gasteiger partial charge on any atom is 0.170 e. The van der Waals surface area contributed by atoms with Crippen molar-refractivity contribution in [3.05, 3.63) is 63.1 Å². The fourth-order valence-electron chi connectivity index (χ4n) is 2.34. The summed E-state index contributed by atoms with van der Waals surface area (Å²) in [5.41, 5.74) is 2.56. The van der Waals surface area contributed by atoms with Crippen molar-refractivity contribution < 1.29 is 9.53 Å². The minimum atomic E-state index is -0.313. The molecule has 0 radical (unpaired) electrons. The molecule has 0 amide bonds. The van der Waals surface area contributed by atoms with E-state index >= 15 is 0 Å². The molecule has 2 aromatic carbocycles. The molecule has 0 saturated heterocycles. The molecule has 0 aromatic heterocycles. The Labute approximate surface area is 127 Å². The predicted molar refractivity (Wildman–Crippen MR) is 80.0 cm³/mol. The summed E-state index contributed by atoms with van der Waals surface area (Å²) in [6, 6.07) is 10.9. The van der Waals surface area contributed by atoms with Crippen molar-refractivity contribution in [2.75, 3.05) is 0 Å². The van der Waals surface area contributed by atoms with Gasteiger partial charge in [0.2, 0.25) is 0 Å². The van der Waals surface area contributed by atoms with Crippen molar-refractivity contribution in [1.82, 2.24) is 0 Å². The fraction of sp³-hybridized carbons (Fsp3) is 0.188. The number of Topliss-reactive ketones (excluding diaryl/α,β-unsaturated/α-hetero) is 1. The lowest BCUT2D eigenvalue weighted by atomic mass is 9.95. The lowest BCUT2D eigenvalue weighted by Crippen LogP contribution is -2.20. The van der Waals surface area contributed by atoms with Crippen LogP contribution in [0.4, 0.5) is 0 Å². The van der Waals surface area contributed by atoms with E-state index in [0.29, 0.717) is 27.8 Å². The van der Waals surface area contributed by atoms with Gasteiger partial charge in [-0.3, -0.25) is 4.79 Å². The van der Waals surface area contributed by atoms with Gasteiger partial charge in [0.1, 0.15) is 11.9 Å². The van der Waals surface area contributed by atoms with E-state index in [4.69, 9.17) is 27.9 Å². The zero-order valence-electron chi connectivity index (χ0n) is 10.8. The van der Waals surface area contributed by atoms with Crippen molar-refractivity contribution in [3.63, 3.8) is 0 Å². The third-order valence-corrected chi connectivity index (χ3v) is 4.13. The Morgan fingerprint density at radius 2 is 1.90 bits per heavy atom. The number of ketones is 1. The van der Waals surface area contributed by atoms with Gasteiger partial charge in [-0.05, 0) is 36.8 Å².